The van der Waals surface area contributed by atoms with Crippen LogP contribution >= 0.6 is 0 Å². The molecular weight excluding hydrogens is 356 g/mol. The van der Waals surface area contributed by atoms with E-state index in [0.717, 1.165) is 35.5 Å². The minimum atomic E-state index is -0.736. The van der Waals surface area contributed by atoms with E-state index in [2.05, 4.69) is 9.88 Å². The van der Waals surface area contributed by atoms with Crippen LogP contribution in [-0.2, 0) is 16.1 Å². The fraction of sp³-hybridized carbons (Fsp3) is 0.227. The molecule has 0 spiro atoms. The van der Waals surface area contributed by atoms with Gasteiger partial charge in [0.2, 0.25) is 5.88 Å². The Morgan fingerprint density at radius 1 is 1.00 bits per heavy atom. The molecule has 0 atom stereocenters. The Morgan fingerprint density at radius 3 is 2.39 bits per heavy atom. The number of benzene rings is 2. The lowest BCUT2D eigenvalue weighted by Crippen LogP contribution is -2.36. The molecule has 6 heteroatoms. The van der Waals surface area contributed by atoms with Gasteiger partial charge in [0.05, 0.1) is 13.2 Å². The maximum atomic E-state index is 12.3. The van der Waals surface area contributed by atoms with E-state index < -0.39 is 6.16 Å². The first kappa shape index (κ1) is 18.1. The molecule has 0 aliphatic carbocycles. The Hall–Kier alpha value is -3.25. The summed E-state index contributed by atoms with van der Waals surface area (Å²) in [5.74, 6) is 0.388. The molecule has 28 heavy (non-hydrogen) atoms. The van der Waals surface area contributed by atoms with Crippen LogP contribution in [0.3, 0.4) is 0 Å². The summed E-state index contributed by atoms with van der Waals surface area (Å²) < 4.78 is 16.3. The number of aromatic amines is 1. The summed E-state index contributed by atoms with van der Waals surface area (Å²) >= 11 is 0. The number of hydrogen-bond donors (Lipinski definition) is 1. The van der Waals surface area contributed by atoms with E-state index in [1.54, 1.807) is 0 Å². The van der Waals surface area contributed by atoms with E-state index >= 15 is 0 Å². The second-order valence-corrected chi connectivity index (χ2v) is 6.47. The Balaban J connectivity index is 1.54. The number of anilines is 1. The Labute approximate surface area is 163 Å². The van der Waals surface area contributed by atoms with Crippen LogP contribution in [0.2, 0.25) is 0 Å². The first-order valence-electron chi connectivity index (χ1n) is 9.29. The molecule has 2 heterocycles. The van der Waals surface area contributed by atoms with Crippen molar-refractivity contribution in [3.05, 3.63) is 72.4 Å². The third kappa shape index (κ3) is 4.18. The molecule has 6 nitrogen and oxygen atoms in total. The Kier molecular flexibility index (Phi) is 5.58. The molecule has 1 fully saturated rings. The van der Waals surface area contributed by atoms with Gasteiger partial charge in [0.25, 0.3) is 0 Å². The maximum Gasteiger partial charge on any atom is 0.515 e. The molecule has 2 aromatic carbocycles. The van der Waals surface area contributed by atoms with Gasteiger partial charge in [0, 0.05) is 24.8 Å². The van der Waals surface area contributed by atoms with Gasteiger partial charge in [-0.3, -0.25) is 0 Å². The summed E-state index contributed by atoms with van der Waals surface area (Å²) in [4.78, 5) is 17.5. The highest BCUT2D eigenvalue weighted by atomic mass is 16.7. The van der Waals surface area contributed by atoms with Crippen molar-refractivity contribution in [3.8, 4) is 17.0 Å². The van der Waals surface area contributed by atoms with Crippen LogP contribution in [0.4, 0.5) is 10.5 Å². The molecule has 1 N–H and O–H groups in total. The third-order valence-corrected chi connectivity index (χ3v) is 4.61. The first-order valence-corrected chi connectivity index (χ1v) is 9.29. The molecule has 0 unspecified atom stereocenters. The highest BCUT2D eigenvalue weighted by Gasteiger charge is 2.24. The van der Waals surface area contributed by atoms with Crippen molar-refractivity contribution in [2.24, 2.45) is 0 Å². The summed E-state index contributed by atoms with van der Waals surface area (Å²) in [5.41, 5.74) is 3.79. The van der Waals surface area contributed by atoms with Crippen molar-refractivity contribution in [1.82, 2.24) is 4.98 Å². The summed E-state index contributed by atoms with van der Waals surface area (Å²) in [5, 5.41) is 0. The van der Waals surface area contributed by atoms with Crippen LogP contribution in [0, 0.1) is 0 Å². The molecule has 1 aliphatic rings. The van der Waals surface area contributed by atoms with Gasteiger partial charge in [-0.1, -0.05) is 60.7 Å². The first-order chi connectivity index (χ1) is 13.8. The Bertz CT molecular complexity index is 903. The third-order valence-electron chi connectivity index (χ3n) is 4.61. The average molecular weight is 378 g/mol. The van der Waals surface area contributed by atoms with Gasteiger partial charge in [-0.15, -0.1) is 0 Å². The molecule has 3 aromatic rings. The zero-order chi connectivity index (χ0) is 19.2. The van der Waals surface area contributed by atoms with Crippen LogP contribution in [0.25, 0.3) is 11.1 Å². The fourth-order valence-corrected chi connectivity index (χ4v) is 3.24. The molecule has 1 aliphatic heterocycles. The van der Waals surface area contributed by atoms with Gasteiger partial charge in [-0.25, -0.2) is 4.79 Å². The average Bonchev–Trinajstić information content (AvgIpc) is 3.17. The van der Waals surface area contributed by atoms with Gasteiger partial charge in [-0.2, -0.15) is 0 Å². The molecule has 1 aromatic heterocycles. The quantitative estimate of drug-likeness (QED) is 0.673. The molecule has 0 bridgehead atoms. The highest BCUT2D eigenvalue weighted by molar-refractivity contribution is 5.84. The van der Waals surface area contributed by atoms with E-state index in [0.29, 0.717) is 19.1 Å². The number of rotatable bonds is 5. The minimum absolute atomic E-state index is 0.165. The van der Waals surface area contributed by atoms with Gasteiger partial charge < -0.3 is 24.1 Å². The summed E-state index contributed by atoms with van der Waals surface area (Å²) in [6, 6.07) is 19.5. The molecule has 0 saturated carbocycles. The van der Waals surface area contributed by atoms with Crippen LogP contribution in [0.15, 0.2) is 66.9 Å². The molecule has 1 saturated heterocycles. The van der Waals surface area contributed by atoms with Crippen molar-refractivity contribution >= 4 is 11.8 Å². The molecule has 4 rings (SSSR count). The SMILES string of the molecule is O=C(OCc1ccccc1)Oc1[nH]cc(-c2ccccc2)c1N1CCOCC1. The number of carbonyl (C=O) groups excluding carboxylic acids is 1. The number of ether oxygens (including phenoxy) is 3. The number of hydrogen-bond acceptors (Lipinski definition) is 5. The smallest absolute Gasteiger partial charge is 0.429 e. The second kappa shape index (κ2) is 8.63. The van der Waals surface area contributed by atoms with Gasteiger partial charge in [0.15, 0.2) is 0 Å². The van der Waals surface area contributed by atoms with Crippen molar-refractivity contribution in [2.75, 3.05) is 31.2 Å². The number of aromatic nitrogens is 1. The van der Waals surface area contributed by atoms with Gasteiger partial charge in [-0.05, 0) is 11.1 Å². The number of morpholine rings is 1. The number of nitrogens with zero attached hydrogens (tertiary/aromatic N) is 1. The number of carbonyl (C=O) groups is 1. The lowest BCUT2D eigenvalue weighted by molar-refractivity contribution is 0.0912. The molecule has 0 radical (unpaired) electrons. The lowest BCUT2D eigenvalue weighted by Gasteiger charge is -2.29. The topological polar surface area (TPSA) is 63.8 Å². The molecule has 144 valence electrons. The summed E-state index contributed by atoms with van der Waals surface area (Å²) in [7, 11) is 0. The van der Waals surface area contributed by atoms with E-state index in [1.165, 1.54) is 0 Å². The van der Waals surface area contributed by atoms with Crippen LogP contribution in [-0.4, -0.2) is 37.4 Å². The monoisotopic (exact) mass is 378 g/mol. The predicted octanol–water partition coefficient (Wildman–Crippen LogP) is 4.23. The highest BCUT2D eigenvalue weighted by Crippen LogP contribution is 2.39. The minimum Gasteiger partial charge on any atom is -0.429 e. The van der Waals surface area contributed by atoms with Crippen LogP contribution < -0.4 is 9.64 Å². The second-order valence-electron chi connectivity index (χ2n) is 6.47. The predicted molar refractivity (Wildman–Crippen MR) is 107 cm³/mol. The lowest BCUT2D eigenvalue weighted by atomic mass is 10.1. The standard InChI is InChI=1S/C22H22N2O4/c25-22(27-16-17-7-3-1-4-8-17)28-21-20(24-11-13-26-14-12-24)19(15-23-21)18-9-5-2-6-10-18/h1-10,15,23H,11-14,16H2. The maximum absolute atomic E-state index is 12.3. The Morgan fingerprint density at radius 2 is 1.68 bits per heavy atom. The zero-order valence-electron chi connectivity index (χ0n) is 15.5. The van der Waals surface area contributed by atoms with Crippen molar-refractivity contribution in [2.45, 2.75) is 6.61 Å². The van der Waals surface area contributed by atoms with E-state index in [4.69, 9.17) is 14.2 Å². The van der Waals surface area contributed by atoms with Crippen molar-refractivity contribution in [1.29, 1.82) is 0 Å². The zero-order valence-corrected chi connectivity index (χ0v) is 15.5. The number of nitrogens with one attached hydrogen (secondary N) is 1. The van der Waals surface area contributed by atoms with Crippen LogP contribution in [0.1, 0.15) is 5.56 Å². The number of H-pyrrole nitrogens is 1. The molecule has 0 amide bonds. The van der Waals surface area contributed by atoms with Gasteiger partial charge >= 0.3 is 6.16 Å². The summed E-state index contributed by atoms with van der Waals surface area (Å²) in [6.07, 6.45) is 1.12. The fourth-order valence-electron chi connectivity index (χ4n) is 3.24. The van der Waals surface area contributed by atoms with E-state index in [1.807, 2.05) is 66.9 Å². The molecular formula is C22H22N2O4. The van der Waals surface area contributed by atoms with Gasteiger partial charge in [0.1, 0.15) is 12.3 Å². The summed E-state index contributed by atoms with van der Waals surface area (Å²) in [6.45, 7) is 2.90. The van der Waals surface area contributed by atoms with Crippen LogP contribution in [0.5, 0.6) is 5.88 Å². The van der Waals surface area contributed by atoms with Crippen molar-refractivity contribution in [3.63, 3.8) is 0 Å². The van der Waals surface area contributed by atoms with E-state index in [9.17, 15) is 4.79 Å². The van der Waals surface area contributed by atoms with E-state index in [-0.39, 0.29) is 6.61 Å². The largest absolute Gasteiger partial charge is 0.515 e. The normalized spacial score (nSPS) is 13.9. The van der Waals surface area contributed by atoms with Crippen molar-refractivity contribution < 1.29 is 19.0 Å².